The van der Waals surface area contributed by atoms with E-state index < -0.39 is 0 Å². The molecule has 1 saturated carbocycles. The fraction of sp³-hybridized carbons (Fsp3) is 0.529. The van der Waals surface area contributed by atoms with Crippen LogP contribution in [0.25, 0.3) is 11.0 Å². The smallest absolute Gasteiger partial charge is 0.148 e. The summed E-state index contributed by atoms with van der Waals surface area (Å²) in [5, 5.41) is 0. The largest absolute Gasteiger partial charge is 0.352 e. The second kappa shape index (κ2) is 6.39. The molecule has 0 unspecified atom stereocenters. The highest BCUT2D eigenvalue weighted by atomic mass is 15.2. The molecule has 2 N–H and O–H groups in total. The Kier molecular flexibility index (Phi) is 4.34. The molecule has 3 rings (SSSR count). The van der Waals surface area contributed by atoms with Crippen molar-refractivity contribution in [3.63, 3.8) is 0 Å². The Labute approximate surface area is 126 Å². The molecule has 21 heavy (non-hydrogen) atoms. The average Bonchev–Trinajstić information content (AvgIpc) is 2.53. The van der Waals surface area contributed by atoms with Gasteiger partial charge in [-0.3, -0.25) is 4.98 Å². The summed E-state index contributed by atoms with van der Waals surface area (Å²) in [6, 6.07) is 9.00. The van der Waals surface area contributed by atoms with Gasteiger partial charge in [0.15, 0.2) is 0 Å². The van der Waals surface area contributed by atoms with Crippen molar-refractivity contribution in [3.8, 4) is 0 Å². The van der Waals surface area contributed by atoms with E-state index in [-0.39, 0.29) is 0 Å². The Morgan fingerprint density at radius 1 is 1.14 bits per heavy atom. The Hall–Kier alpha value is -1.68. The van der Waals surface area contributed by atoms with Crippen LogP contribution >= 0.6 is 0 Å². The van der Waals surface area contributed by atoms with Crippen LogP contribution in [0.5, 0.6) is 0 Å². The predicted octanol–water partition coefficient (Wildman–Crippen LogP) is 3.12. The lowest BCUT2D eigenvalue weighted by Crippen LogP contribution is -2.41. The van der Waals surface area contributed by atoms with E-state index >= 15 is 0 Å². The van der Waals surface area contributed by atoms with Crippen molar-refractivity contribution in [2.75, 3.05) is 11.4 Å². The molecule has 4 heteroatoms. The van der Waals surface area contributed by atoms with Gasteiger partial charge in [0.2, 0.25) is 0 Å². The van der Waals surface area contributed by atoms with Crippen LogP contribution in [0, 0.1) is 0 Å². The molecular formula is C17H24N4. The normalized spacial score (nSPS) is 22.4. The van der Waals surface area contributed by atoms with Crippen molar-refractivity contribution in [2.45, 2.75) is 51.1 Å². The van der Waals surface area contributed by atoms with Crippen molar-refractivity contribution in [1.29, 1.82) is 0 Å². The lowest BCUT2D eigenvalue weighted by atomic mass is 9.90. The standard InChI is InChI=1S/C17H24N4/c1-2-11-21(14-9-7-13(18)8-10-14)17-12-19-15-5-3-4-6-16(15)20-17/h3-6,12-14H,2,7-11,18H2,1H3. The molecule has 2 aromatic rings. The van der Waals surface area contributed by atoms with E-state index in [0.717, 1.165) is 55.5 Å². The zero-order valence-corrected chi connectivity index (χ0v) is 12.7. The zero-order valence-electron chi connectivity index (χ0n) is 12.7. The maximum absolute atomic E-state index is 6.04. The Morgan fingerprint density at radius 2 is 1.86 bits per heavy atom. The van der Waals surface area contributed by atoms with E-state index in [9.17, 15) is 0 Å². The third-order valence-corrected chi connectivity index (χ3v) is 4.38. The molecule has 0 amide bonds. The first-order valence-electron chi connectivity index (χ1n) is 8.02. The molecule has 1 aliphatic carbocycles. The summed E-state index contributed by atoms with van der Waals surface area (Å²) < 4.78 is 0. The minimum atomic E-state index is 0.382. The van der Waals surface area contributed by atoms with Crippen LogP contribution in [-0.4, -0.2) is 28.6 Å². The van der Waals surface area contributed by atoms with E-state index in [1.807, 2.05) is 30.5 Å². The van der Waals surface area contributed by atoms with Crippen LogP contribution < -0.4 is 10.6 Å². The number of aromatic nitrogens is 2. The Morgan fingerprint density at radius 3 is 2.57 bits per heavy atom. The molecule has 0 atom stereocenters. The fourth-order valence-corrected chi connectivity index (χ4v) is 3.22. The highest BCUT2D eigenvalue weighted by molar-refractivity contribution is 5.75. The van der Waals surface area contributed by atoms with Crippen LogP contribution in [0.15, 0.2) is 30.5 Å². The number of rotatable bonds is 4. The molecule has 4 nitrogen and oxygen atoms in total. The molecule has 0 aliphatic heterocycles. The number of nitrogens with zero attached hydrogens (tertiary/aromatic N) is 3. The summed E-state index contributed by atoms with van der Waals surface area (Å²) in [7, 11) is 0. The first kappa shape index (κ1) is 14.3. The number of para-hydroxylation sites is 2. The van der Waals surface area contributed by atoms with Gasteiger partial charge in [-0.2, -0.15) is 0 Å². The van der Waals surface area contributed by atoms with Gasteiger partial charge in [-0.05, 0) is 44.2 Å². The van der Waals surface area contributed by atoms with Gasteiger partial charge in [0, 0.05) is 18.6 Å². The second-order valence-corrected chi connectivity index (χ2v) is 5.98. The van der Waals surface area contributed by atoms with Crippen molar-refractivity contribution < 1.29 is 0 Å². The van der Waals surface area contributed by atoms with E-state index in [1.165, 1.54) is 0 Å². The molecular weight excluding hydrogens is 260 g/mol. The SMILES string of the molecule is CCCN(c1cnc2ccccc2n1)C1CCC(N)CC1. The van der Waals surface area contributed by atoms with E-state index in [1.54, 1.807) is 0 Å². The highest BCUT2D eigenvalue weighted by Crippen LogP contribution is 2.26. The lowest BCUT2D eigenvalue weighted by Gasteiger charge is -2.36. The molecule has 1 aromatic heterocycles. The second-order valence-electron chi connectivity index (χ2n) is 5.98. The van der Waals surface area contributed by atoms with E-state index in [0.29, 0.717) is 12.1 Å². The van der Waals surface area contributed by atoms with Gasteiger partial charge in [-0.25, -0.2) is 4.98 Å². The number of fused-ring (bicyclic) bond motifs is 1. The topological polar surface area (TPSA) is 55.0 Å². The van der Waals surface area contributed by atoms with Gasteiger partial charge in [-0.15, -0.1) is 0 Å². The van der Waals surface area contributed by atoms with Gasteiger partial charge < -0.3 is 10.6 Å². The van der Waals surface area contributed by atoms with Gasteiger partial charge in [0.25, 0.3) is 0 Å². The summed E-state index contributed by atoms with van der Waals surface area (Å²) in [6.45, 7) is 3.25. The van der Waals surface area contributed by atoms with Gasteiger partial charge >= 0.3 is 0 Å². The molecule has 1 aliphatic rings. The van der Waals surface area contributed by atoms with Crippen LogP contribution in [0.4, 0.5) is 5.82 Å². The molecule has 112 valence electrons. The van der Waals surface area contributed by atoms with Crippen molar-refractivity contribution in [3.05, 3.63) is 30.5 Å². The third kappa shape index (κ3) is 3.16. The van der Waals surface area contributed by atoms with Gasteiger partial charge in [-0.1, -0.05) is 19.1 Å². The molecule has 0 bridgehead atoms. The maximum Gasteiger partial charge on any atom is 0.148 e. The number of hydrogen-bond acceptors (Lipinski definition) is 4. The van der Waals surface area contributed by atoms with Crippen LogP contribution in [0.3, 0.4) is 0 Å². The van der Waals surface area contributed by atoms with Crippen molar-refractivity contribution in [2.24, 2.45) is 5.73 Å². The summed E-state index contributed by atoms with van der Waals surface area (Å²) in [5.74, 6) is 1.01. The number of anilines is 1. The molecule has 1 aromatic carbocycles. The molecule has 0 saturated heterocycles. The quantitative estimate of drug-likeness (QED) is 0.937. The minimum absolute atomic E-state index is 0.382. The number of nitrogens with two attached hydrogens (primary N) is 1. The summed E-state index contributed by atoms with van der Waals surface area (Å²) >= 11 is 0. The summed E-state index contributed by atoms with van der Waals surface area (Å²) in [5.41, 5.74) is 7.97. The van der Waals surface area contributed by atoms with Crippen LogP contribution in [0.2, 0.25) is 0 Å². The zero-order chi connectivity index (χ0) is 14.7. The third-order valence-electron chi connectivity index (χ3n) is 4.38. The first-order valence-corrected chi connectivity index (χ1v) is 8.02. The van der Waals surface area contributed by atoms with Crippen LogP contribution in [0.1, 0.15) is 39.0 Å². The van der Waals surface area contributed by atoms with Gasteiger partial charge in [0.1, 0.15) is 5.82 Å². The molecule has 0 spiro atoms. The van der Waals surface area contributed by atoms with Crippen LogP contribution in [-0.2, 0) is 0 Å². The maximum atomic E-state index is 6.04. The number of benzene rings is 1. The molecule has 0 radical (unpaired) electrons. The van der Waals surface area contributed by atoms with Crippen molar-refractivity contribution in [1.82, 2.24) is 9.97 Å². The predicted molar refractivity (Wildman–Crippen MR) is 87.4 cm³/mol. The van der Waals surface area contributed by atoms with Crippen molar-refractivity contribution >= 4 is 16.9 Å². The fourth-order valence-electron chi connectivity index (χ4n) is 3.22. The summed E-state index contributed by atoms with van der Waals surface area (Å²) in [6.07, 6.45) is 7.60. The first-order chi connectivity index (χ1) is 10.3. The number of hydrogen-bond donors (Lipinski definition) is 1. The van der Waals surface area contributed by atoms with E-state index in [4.69, 9.17) is 10.7 Å². The Bertz CT molecular complexity index is 590. The summed E-state index contributed by atoms with van der Waals surface area (Å²) in [4.78, 5) is 11.8. The monoisotopic (exact) mass is 284 g/mol. The van der Waals surface area contributed by atoms with Gasteiger partial charge in [0.05, 0.1) is 17.2 Å². The van der Waals surface area contributed by atoms with E-state index in [2.05, 4.69) is 16.8 Å². The molecule has 1 heterocycles. The minimum Gasteiger partial charge on any atom is -0.352 e. The highest BCUT2D eigenvalue weighted by Gasteiger charge is 2.25. The average molecular weight is 284 g/mol. The Balaban J connectivity index is 1.87. The molecule has 1 fully saturated rings. The lowest BCUT2D eigenvalue weighted by molar-refractivity contribution is 0.374.